The van der Waals surface area contributed by atoms with Gasteiger partial charge in [-0.25, -0.2) is 0 Å². The molecule has 0 aliphatic rings. The van der Waals surface area contributed by atoms with E-state index in [0.29, 0.717) is 0 Å². The fourth-order valence-electron chi connectivity index (χ4n) is 2.61. The zero-order chi connectivity index (χ0) is 15.6. The third kappa shape index (κ3) is 3.50. The van der Waals surface area contributed by atoms with Crippen LogP contribution >= 0.6 is 27.5 Å². The number of rotatable bonds is 5. The molecule has 3 nitrogen and oxygen atoms in total. The molecule has 0 bridgehead atoms. The van der Waals surface area contributed by atoms with Crippen molar-refractivity contribution in [1.29, 1.82) is 0 Å². The van der Waals surface area contributed by atoms with Gasteiger partial charge in [-0.05, 0) is 67.0 Å². The van der Waals surface area contributed by atoms with E-state index in [0.717, 1.165) is 28.2 Å². The first-order valence-electron chi connectivity index (χ1n) is 7.13. The van der Waals surface area contributed by atoms with Crippen LogP contribution in [0, 0.1) is 13.8 Å². The largest absolute Gasteiger partial charge is 0.313 e. The summed E-state index contributed by atoms with van der Waals surface area (Å²) in [6.07, 6.45) is 0.868. The highest BCUT2D eigenvalue weighted by Gasteiger charge is 2.19. The smallest absolute Gasteiger partial charge is 0.0738 e. The average Bonchev–Trinajstić information content (AvgIpc) is 2.74. The van der Waals surface area contributed by atoms with Crippen molar-refractivity contribution >= 4 is 27.5 Å². The van der Waals surface area contributed by atoms with Gasteiger partial charge in [-0.1, -0.05) is 17.7 Å². The molecule has 1 unspecified atom stereocenters. The maximum absolute atomic E-state index is 6.16. The molecule has 0 amide bonds. The lowest BCUT2D eigenvalue weighted by atomic mass is 9.97. The van der Waals surface area contributed by atoms with Crippen LogP contribution in [0.3, 0.4) is 0 Å². The van der Waals surface area contributed by atoms with Gasteiger partial charge in [0.15, 0.2) is 0 Å². The lowest BCUT2D eigenvalue weighted by molar-refractivity contribution is 0.538. The van der Waals surface area contributed by atoms with Crippen molar-refractivity contribution in [2.45, 2.75) is 39.8 Å². The highest BCUT2D eigenvalue weighted by molar-refractivity contribution is 9.10. The lowest BCUT2D eigenvalue weighted by Gasteiger charge is -2.20. The van der Waals surface area contributed by atoms with Crippen LogP contribution in [-0.4, -0.2) is 16.8 Å². The zero-order valence-electron chi connectivity index (χ0n) is 12.9. The molecule has 1 atom stereocenters. The molecule has 1 aromatic carbocycles. The minimum atomic E-state index is 0.210. The van der Waals surface area contributed by atoms with Crippen molar-refractivity contribution in [2.75, 3.05) is 7.05 Å². The lowest BCUT2D eigenvalue weighted by Crippen LogP contribution is -2.21. The van der Waals surface area contributed by atoms with E-state index in [9.17, 15) is 0 Å². The third-order valence-corrected chi connectivity index (χ3v) is 5.08. The Morgan fingerprint density at radius 2 is 2.10 bits per heavy atom. The Morgan fingerprint density at radius 3 is 2.71 bits per heavy atom. The molecule has 0 saturated heterocycles. The van der Waals surface area contributed by atoms with E-state index >= 15 is 0 Å². The van der Waals surface area contributed by atoms with Crippen molar-refractivity contribution in [1.82, 2.24) is 15.1 Å². The molecular weight excluding hydrogens is 350 g/mol. The van der Waals surface area contributed by atoms with Crippen LogP contribution in [0.2, 0.25) is 5.02 Å². The van der Waals surface area contributed by atoms with Crippen molar-refractivity contribution in [3.8, 4) is 0 Å². The molecule has 5 heteroatoms. The van der Waals surface area contributed by atoms with Gasteiger partial charge in [-0.3, -0.25) is 4.68 Å². The second-order valence-corrected chi connectivity index (χ2v) is 6.44. The minimum Gasteiger partial charge on any atom is -0.313 e. The zero-order valence-corrected chi connectivity index (χ0v) is 15.2. The summed E-state index contributed by atoms with van der Waals surface area (Å²) < 4.78 is 3.16. The molecule has 114 valence electrons. The van der Waals surface area contributed by atoms with Crippen LogP contribution in [-0.2, 0) is 13.0 Å². The van der Waals surface area contributed by atoms with Crippen molar-refractivity contribution in [3.63, 3.8) is 0 Å². The number of aryl methyl sites for hydroxylation is 3. The molecule has 1 heterocycles. The number of nitrogens with one attached hydrogen (secondary N) is 1. The summed E-state index contributed by atoms with van der Waals surface area (Å²) in [5.74, 6) is 0. The van der Waals surface area contributed by atoms with Crippen LogP contribution in [0.1, 0.15) is 35.5 Å². The van der Waals surface area contributed by atoms with Crippen LogP contribution in [0.4, 0.5) is 0 Å². The summed E-state index contributed by atoms with van der Waals surface area (Å²) in [4.78, 5) is 0. The fraction of sp³-hybridized carbons (Fsp3) is 0.438. The molecule has 21 heavy (non-hydrogen) atoms. The summed E-state index contributed by atoms with van der Waals surface area (Å²) in [6, 6.07) is 6.26. The van der Waals surface area contributed by atoms with Crippen LogP contribution in [0.5, 0.6) is 0 Å². The quantitative estimate of drug-likeness (QED) is 0.843. The van der Waals surface area contributed by atoms with E-state index < -0.39 is 0 Å². The van der Waals surface area contributed by atoms with Crippen LogP contribution < -0.4 is 5.32 Å². The highest BCUT2D eigenvalue weighted by Crippen LogP contribution is 2.29. The summed E-state index contributed by atoms with van der Waals surface area (Å²) >= 11 is 9.83. The molecule has 0 saturated carbocycles. The molecule has 0 spiro atoms. The number of halogens is 2. The van der Waals surface area contributed by atoms with Gasteiger partial charge in [0.05, 0.1) is 15.9 Å². The monoisotopic (exact) mass is 369 g/mol. The van der Waals surface area contributed by atoms with Gasteiger partial charge in [-0.15, -0.1) is 0 Å². The van der Waals surface area contributed by atoms with E-state index in [1.807, 2.05) is 26.1 Å². The summed E-state index contributed by atoms with van der Waals surface area (Å²) in [5.41, 5.74) is 4.73. The predicted molar refractivity (Wildman–Crippen MR) is 92.0 cm³/mol. The van der Waals surface area contributed by atoms with Gasteiger partial charge in [0.1, 0.15) is 0 Å². The molecule has 0 radical (unpaired) electrons. The number of nitrogens with zero attached hydrogens (tertiary/aromatic N) is 2. The first kappa shape index (κ1) is 16.5. The van der Waals surface area contributed by atoms with E-state index in [4.69, 9.17) is 11.6 Å². The predicted octanol–water partition coefficient (Wildman–Crippen LogP) is 4.44. The Labute approximate surface area is 139 Å². The SMILES string of the molecule is CCn1nc(C)c(Br)c1CC(NC)c1cc(Cl)ccc1C. The molecule has 0 aliphatic carbocycles. The maximum atomic E-state index is 6.16. The Hall–Kier alpha value is -0.840. The molecule has 2 rings (SSSR count). The second-order valence-electron chi connectivity index (χ2n) is 5.21. The van der Waals surface area contributed by atoms with Gasteiger partial charge < -0.3 is 5.32 Å². The summed E-state index contributed by atoms with van der Waals surface area (Å²) in [5, 5.41) is 8.74. The Balaban J connectivity index is 2.38. The normalized spacial score (nSPS) is 12.7. The molecule has 2 aromatic rings. The third-order valence-electron chi connectivity index (χ3n) is 3.82. The van der Waals surface area contributed by atoms with Gasteiger partial charge in [0.2, 0.25) is 0 Å². The topological polar surface area (TPSA) is 29.9 Å². The first-order chi connectivity index (χ1) is 9.97. The van der Waals surface area contributed by atoms with Crippen molar-refractivity contribution < 1.29 is 0 Å². The molecular formula is C16H21BrClN3. The number of hydrogen-bond donors (Lipinski definition) is 1. The van der Waals surface area contributed by atoms with Gasteiger partial charge >= 0.3 is 0 Å². The number of likely N-dealkylation sites (N-methyl/N-ethyl adjacent to an activating group) is 1. The van der Waals surface area contributed by atoms with Gasteiger partial charge in [-0.2, -0.15) is 5.10 Å². The summed E-state index contributed by atoms with van der Waals surface area (Å²) in [6.45, 7) is 7.13. The summed E-state index contributed by atoms with van der Waals surface area (Å²) in [7, 11) is 1.98. The van der Waals surface area contributed by atoms with E-state index in [1.165, 1.54) is 16.8 Å². The van der Waals surface area contributed by atoms with Crippen LogP contribution in [0.25, 0.3) is 0 Å². The fourth-order valence-corrected chi connectivity index (χ4v) is 3.24. The molecule has 1 N–H and O–H groups in total. The first-order valence-corrected chi connectivity index (χ1v) is 8.30. The number of aromatic nitrogens is 2. The molecule has 0 aliphatic heterocycles. The van der Waals surface area contributed by atoms with E-state index in [-0.39, 0.29) is 6.04 Å². The van der Waals surface area contributed by atoms with E-state index in [1.54, 1.807) is 0 Å². The Bertz CT molecular complexity index is 637. The van der Waals surface area contributed by atoms with Crippen molar-refractivity contribution in [3.05, 3.63) is 50.2 Å². The van der Waals surface area contributed by atoms with Crippen molar-refractivity contribution in [2.24, 2.45) is 0 Å². The average molecular weight is 371 g/mol. The van der Waals surface area contributed by atoms with Gasteiger partial charge in [0, 0.05) is 24.0 Å². The van der Waals surface area contributed by atoms with Crippen LogP contribution in [0.15, 0.2) is 22.7 Å². The number of benzene rings is 1. The van der Waals surface area contributed by atoms with Gasteiger partial charge in [0.25, 0.3) is 0 Å². The minimum absolute atomic E-state index is 0.210. The molecule has 0 fully saturated rings. The number of hydrogen-bond acceptors (Lipinski definition) is 2. The Morgan fingerprint density at radius 1 is 1.38 bits per heavy atom. The standard InChI is InChI=1S/C16H21BrClN3/c1-5-21-15(16(17)11(3)20-21)9-14(19-4)13-8-12(18)7-6-10(13)2/h6-8,14,19H,5,9H2,1-4H3. The van der Waals surface area contributed by atoms with E-state index in [2.05, 4.69) is 50.9 Å². The Kier molecular flexibility index (Phi) is 5.47. The molecule has 1 aromatic heterocycles. The highest BCUT2D eigenvalue weighted by atomic mass is 79.9. The second kappa shape index (κ2) is 6.95. The maximum Gasteiger partial charge on any atom is 0.0738 e.